The summed E-state index contributed by atoms with van der Waals surface area (Å²) < 4.78 is 2.19. The fourth-order valence-electron chi connectivity index (χ4n) is 3.03. The summed E-state index contributed by atoms with van der Waals surface area (Å²) in [5, 5.41) is 3.92. The molecule has 1 aliphatic carbocycles. The Hall–Kier alpha value is -0.830. The van der Waals surface area contributed by atoms with Gasteiger partial charge in [-0.25, -0.2) is 4.98 Å². The first-order chi connectivity index (χ1) is 9.26. The fourth-order valence-corrected chi connectivity index (χ4v) is 3.03. The monoisotopic (exact) mass is 277 g/mol. The molecule has 0 aromatic carbocycles. The van der Waals surface area contributed by atoms with Crippen molar-refractivity contribution >= 4 is 0 Å². The maximum absolute atomic E-state index is 4.16. The number of aromatic nitrogens is 2. The Morgan fingerprint density at radius 2 is 1.95 bits per heavy atom. The third-order valence-corrected chi connectivity index (χ3v) is 4.77. The van der Waals surface area contributed by atoms with Gasteiger partial charge in [-0.05, 0) is 36.5 Å². The second-order valence-electron chi connectivity index (χ2n) is 8.28. The predicted octanol–water partition coefficient (Wildman–Crippen LogP) is 3.86. The number of nitrogens with one attached hydrogen (secondary N) is 1. The highest BCUT2D eigenvalue weighted by Crippen LogP contribution is 2.35. The molecule has 1 aliphatic rings. The largest absolute Gasteiger partial charge is 0.336 e. The van der Waals surface area contributed by atoms with Crippen molar-refractivity contribution < 1.29 is 0 Å². The van der Waals surface area contributed by atoms with E-state index >= 15 is 0 Å². The summed E-state index contributed by atoms with van der Waals surface area (Å²) in [6.07, 6.45) is 11.1. The molecule has 1 saturated carbocycles. The number of hydrogen-bond acceptors (Lipinski definition) is 2. The van der Waals surface area contributed by atoms with E-state index in [1.807, 2.05) is 12.5 Å². The van der Waals surface area contributed by atoms with Crippen LogP contribution in [0.15, 0.2) is 18.7 Å². The first-order valence-corrected chi connectivity index (χ1v) is 7.98. The van der Waals surface area contributed by atoms with Gasteiger partial charge in [-0.2, -0.15) is 0 Å². The SMILES string of the molecule is CC1(C)CCC(NC(Cn2ccnc2)C(C)(C)C)CC1. The molecule has 1 unspecified atom stereocenters. The summed E-state index contributed by atoms with van der Waals surface area (Å²) >= 11 is 0. The van der Waals surface area contributed by atoms with Crippen molar-refractivity contribution in [3.63, 3.8) is 0 Å². The van der Waals surface area contributed by atoms with Gasteiger partial charge in [0.05, 0.1) is 6.33 Å². The Morgan fingerprint density at radius 3 is 2.45 bits per heavy atom. The van der Waals surface area contributed by atoms with Crippen molar-refractivity contribution in [1.82, 2.24) is 14.9 Å². The van der Waals surface area contributed by atoms with Gasteiger partial charge in [-0.3, -0.25) is 0 Å². The zero-order valence-corrected chi connectivity index (χ0v) is 13.8. The van der Waals surface area contributed by atoms with Crippen LogP contribution in [-0.2, 0) is 6.54 Å². The highest BCUT2D eigenvalue weighted by Gasteiger charge is 2.31. The molecule has 20 heavy (non-hydrogen) atoms. The molecule has 3 nitrogen and oxygen atoms in total. The van der Waals surface area contributed by atoms with Gasteiger partial charge in [0.15, 0.2) is 0 Å². The maximum atomic E-state index is 4.16. The number of hydrogen-bond donors (Lipinski definition) is 1. The van der Waals surface area contributed by atoms with Crippen molar-refractivity contribution in [1.29, 1.82) is 0 Å². The molecule has 1 heterocycles. The minimum Gasteiger partial charge on any atom is -0.336 e. The summed E-state index contributed by atoms with van der Waals surface area (Å²) in [4.78, 5) is 4.16. The van der Waals surface area contributed by atoms with E-state index in [0.717, 1.165) is 6.54 Å². The molecule has 0 radical (unpaired) electrons. The lowest BCUT2D eigenvalue weighted by molar-refractivity contribution is 0.160. The van der Waals surface area contributed by atoms with Gasteiger partial charge in [-0.15, -0.1) is 0 Å². The van der Waals surface area contributed by atoms with Gasteiger partial charge in [0, 0.05) is 31.0 Å². The van der Waals surface area contributed by atoms with Crippen LogP contribution in [0.5, 0.6) is 0 Å². The molecule has 3 heteroatoms. The van der Waals surface area contributed by atoms with Gasteiger partial charge in [-0.1, -0.05) is 34.6 Å². The van der Waals surface area contributed by atoms with Gasteiger partial charge >= 0.3 is 0 Å². The second-order valence-corrected chi connectivity index (χ2v) is 8.28. The van der Waals surface area contributed by atoms with Crippen LogP contribution in [0.3, 0.4) is 0 Å². The summed E-state index contributed by atoms with van der Waals surface area (Å²) in [6, 6.07) is 1.17. The Balaban J connectivity index is 1.95. The van der Waals surface area contributed by atoms with Crippen LogP contribution >= 0.6 is 0 Å². The average molecular weight is 277 g/mol. The molecule has 2 rings (SSSR count). The summed E-state index contributed by atoms with van der Waals surface area (Å²) in [5.74, 6) is 0. The van der Waals surface area contributed by atoms with Gasteiger partial charge in [0.1, 0.15) is 0 Å². The van der Waals surface area contributed by atoms with Crippen LogP contribution in [0.4, 0.5) is 0 Å². The molecule has 0 amide bonds. The van der Waals surface area contributed by atoms with E-state index in [-0.39, 0.29) is 5.41 Å². The summed E-state index contributed by atoms with van der Waals surface area (Å²) in [6.45, 7) is 12.8. The molecule has 0 aliphatic heterocycles. The van der Waals surface area contributed by atoms with E-state index < -0.39 is 0 Å². The topological polar surface area (TPSA) is 29.9 Å². The third kappa shape index (κ3) is 4.34. The van der Waals surface area contributed by atoms with Crippen LogP contribution in [0.25, 0.3) is 0 Å². The highest BCUT2D eigenvalue weighted by atomic mass is 15.1. The first-order valence-electron chi connectivity index (χ1n) is 7.98. The van der Waals surface area contributed by atoms with E-state index in [2.05, 4.69) is 55.7 Å². The smallest absolute Gasteiger partial charge is 0.0946 e. The fraction of sp³-hybridized carbons (Fsp3) is 0.824. The summed E-state index contributed by atoms with van der Waals surface area (Å²) in [5.41, 5.74) is 0.803. The normalized spacial score (nSPS) is 21.9. The van der Waals surface area contributed by atoms with Crippen molar-refractivity contribution in [2.24, 2.45) is 10.8 Å². The molecule has 1 aromatic heterocycles. The zero-order valence-electron chi connectivity index (χ0n) is 13.8. The van der Waals surface area contributed by atoms with Crippen LogP contribution < -0.4 is 5.32 Å². The Kier molecular flexibility index (Phi) is 4.58. The van der Waals surface area contributed by atoms with E-state index in [9.17, 15) is 0 Å². The van der Waals surface area contributed by atoms with E-state index in [1.165, 1.54) is 25.7 Å². The molecule has 1 fully saturated rings. The van der Waals surface area contributed by atoms with E-state index in [4.69, 9.17) is 0 Å². The molecule has 1 atom stereocenters. The average Bonchev–Trinajstić information content (AvgIpc) is 2.82. The lowest BCUT2D eigenvalue weighted by atomic mass is 9.75. The molecular formula is C17H31N3. The summed E-state index contributed by atoms with van der Waals surface area (Å²) in [7, 11) is 0. The second kappa shape index (κ2) is 5.88. The molecule has 0 saturated heterocycles. The lowest BCUT2D eigenvalue weighted by Gasteiger charge is -2.40. The minimum atomic E-state index is 0.261. The quantitative estimate of drug-likeness (QED) is 0.905. The third-order valence-electron chi connectivity index (χ3n) is 4.77. The molecule has 0 bridgehead atoms. The predicted molar refractivity (Wildman–Crippen MR) is 84.6 cm³/mol. The molecule has 1 aromatic rings. The Morgan fingerprint density at radius 1 is 1.30 bits per heavy atom. The zero-order chi connectivity index (χ0) is 14.8. The molecule has 0 spiro atoms. The van der Waals surface area contributed by atoms with Crippen LogP contribution in [0.1, 0.15) is 60.3 Å². The van der Waals surface area contributed by atoms with Crippen molar-refractivity contribution in [3.8, 4) is 0 Å². The number of rotatable bonds is 4. The van der Waals surface area contributed by atoms with Crippen LogP contribution in [-0.4, -0.2) is 21.6 Å². The molecular weight excluding hydrogens is 246 g/mol. The Labute approximate surface area is 124 Å². The van der Waals surface area contributed by atoms with Crippen molar-refractivity contribution in [3.05, 3.63) is 18.7 Å². The van der Waals surface area contributed by atoms with E-state index in [1.54, 1.807) is 0 Å². The van der Waals surface area contributed by atoms with Crippen molar-refractivity contribution in [2.75, 3.05) is 0 Å². The van der Waals surface area contributed by atoms with Gasteiger partial charge in [0.25, 0.3) is 0 Å². The number of nitrogens with zero attached hydrogens (tertiary/aromatic N) is 2. The molecule has 1 N–H and O–H groups in total. The van der Waals surface area contributed by atoms with Crippen LogP contribution in [0.2, 0.25) is 0 Å². The maximum Gasteiger partial charge on any atom is 0.0946 e. The van der Waals surface area contributed by atoms with Crippen LogP contribution in [0, 0.1) is 10.8 Å². The Bertz CT molecular complexity index is 390. The van der Waals surface area contributed by atoms with Gasteiger partial charge in [0.2, 0.25) is 0 Å². The number of imidazole rings is 1. The minimum absolute atomic E-state index is 0.261. The van der Waals surface area contributed by atoms with Crippen molar-refractivity contribution in [2.45, 2.75) is 78.9 Å². The standard InChI is InChI=1S/C17H31N3/c1-16(2,3)15(12-20-11-10-18-13-20)19-14-6-8-17(4,5)9-7-14/h10-11,13-15,19H,6-9,12H2,1-5H3. The lowest BCUT2D eigenvalue weighted by Crippen LogP contribution is -2.49. The van der Waals surface area contributed by atoms with Gasteiger partial charge < -0.3 is 9.88 Å². The highest BCUT2D eigenvalue weighted by molar-refractivity contribution is 4.89. The first kappa shape index (κ1) is 15.6. The molecule has 114 valence electrons. The van der Waals surface area contributed by atoms with E-state index in [0.29, 0.717) is 17.5 Å².